The summed E-state index contributed by atoms with van der Waals surface area (Å²) in [6.45, 7) is 13.4. The molecule has 0 amide bonds. The highest BCUT2D eigenvalue weighted by molar-refractivity contribution is 5.25. The smallest absolute Gasteiger partial charge is 0.260 e. The van der Waals surface area contributed by atoms with Gasteiger partial charge in [-0.2, -0.15) is 0 Å². The van der Waals surface area contributed by atoms with Crippen LogP contribution in [0.4, 0.5) is 8.78 Å². The van der Waals surface area contributed by atoms with E-state index in [0.29, 0.717) is 11.7 Å². The van der Waals surface area contributed by atoms with Gasteiger partial charge in [0.2, 0.25) is 0 Å². The van der Waals surface area contributed by atoms with Crippen molar-refractivity contribution in [1.82, 2.24) is 9.80 Å². The standard InChI is InChI=1S/C13H22F2N2/c1-10(2)16-5-7-17(8-6-16)11(3)12(4)9-13(12,14)15/h10H,3,5-9H2,1-2,4H3. The summed E-state index contributed by atoms with van der Waals surface area (Å²) in [6, 6.07) is 0.531. The van der Waals surface area contributed by atoms with E-state index < -0.39 is 11.3 Å². The Morgan fingerprint density at radius 3 is 2.00 bits per heavy atom. The Hall–Kier alpha value is -0.640. The van der Waals surface area contributed by atoms with Crippen LogP contribution < -0.4 is 0 Å². The Bertz CT molecular complexity index is 319. The Morgan fingerprint density at radius 2 is 1.65 bits per heavy atom. The van der Waals surface area contributed by atoms with E-state index >= 15 is 0 Å². The van der Waals surface area contributed by atoms with E-state index in [2.05, 4.69) is 25.3 Å². The third-order valence-electron chi connectivity index (χ3n) is 4.32. The fourth-order valence-corrected chi connectivity index (χ4v) is 2.57. The Labute approximate surface area is 102 Å². The van der Waals surface area contributed by atoms with Gasteiger partial charge in [0, 0.05) is 44.3 Å². The number of alkyl halides is 2. The van der Waals surface area contributed by atoms with Gasteiger partial charge in [0.05, 0.1) is 5.41 Å². The molecule has 1 heterocycles. The summed E-state index contributed by atoms with van der Waals surface area (Å²) in [4.78, 5) is 4.41. The maximum Gasteiger partial charge on any atom is 0.260 e. The molecule has 1 aliphatic carbocycles. The molecule has 1 unspecified atom stereocenters. The largest absolute Gasteiger partial charge is 0.372 e. The molecule has 1 aliphatic heterocycles. The predicted octanol–water partition coefficient (Wildman–Crippen LogP) is 2.57. The van der Waals surface area contributed by atoms with Crippen molar-refractivity contribution in [3.63, 3.8) is 0 Å². The van der Waals surface area contributed by atoms with Crippen LogP contribution >= 0.6 is 0 Å². The summed E-state index contributed by atoms with van der Waals surface area (Å²) < 4.78 is 26.6. The molecule has 2 rings (SSSR count). The number of rotatable bonds is 3. The van der Waals surface area contributed by atoms with Gasteiger partial charge in [-0.1, -0.05) is 6.58 Å². The van der Waals surface area contributed by atoms with Gasteiger partial charge in [0.25, 0.3) is 5.92 Å². The molecule has 17 heavy (non-hydrogen) atoms. The van der Waals surface area contributed by atoms with Gasteiger partial charge in [-0.3, -0.25) is 4.90 Å². The summed E-state index contributed by atoms with van der Waals surface area (Å²) in [5.74, 6) is -2.54. The summed E-state index contributed by atoms with van der Waals surface area (Å²) in [5, 5.41) is 0. The lowest BCUT2D eigenvalue weighted by atomic mass is 10.0. The lowest BCUT2D eigenvalue weighted by Gasteiger charge is -2.40. The maximum atomic E-state index is 13.3. The SMILES string of the molecule is C=C(N1CCN(C(C)C)CC1)C1(C)CC1(F)F. The first-order valence-electron chi connectivity index (χ1n) is 6.34. The number of hydrogen-bond acceptors (Lipinski definition) is 2. The molecule has 4 heteroatoms. The van der Waals surface area contributed by atoms with Crippen LogP contribution in [0, 0.1) is 5.41 Å². The first-order chi connectivity index (χ1) is 7.78. The van der Waals surface area contributed by atoms with Crippen molar-refractivity contribution in [2.45, 2.75) is 39.2 Å². The summed E-state index contributed by atoms with van der Waals surface area (Å²) in [7, 11) is 0. The molecule has 1 saturated carbocycles. The van der Waals surface area contributed by atoms with Crippen molar-refractivity contribution in [1.29, 1.82) is 0 Å². The predicted molar refractivity (Wildman–Crippen MR) is 65.1 cm³/mol. The average Bonchev–Trinajstić information content (AvgIpc) is 2.78. The topological polar surface area (TPSA) is 6.48 Å². The second-order valence-corrected chi connectivity index (χ2v) is 5.78. The van der Waals surface area contributed by atoms with Gasteiger partial charge in [0.15, 0.2) is 0 Å². The fourth-order valence-electron chi connectivity index (χ4n) is 2.57. The Kier molecular flexibility index (Phi) is 2.97. The monoisotopic (exact) mass is 244 g/mol. The van der Waals surface area contributed by atoms with E-state index in [1.165, 1.54) is 0 Å². The van der Waals surface area contributed by atoms with Gasteiger partial charge in [-0.05, 0) is 20.8 Å². The van der Waals surface area contributed by atoms with Crippen molar-refractivity contribution < 1.29 is 8.78 Å². The second-order valence-electron chi connectivity index (χ2n) is 5.78. The average molecular weight is 244 g/mol. The number of allylic oxidation sites excluding steroid dienone is 1. The van der Waals surface area contributed by atoms with Gasteiger partial charge in [-0.25, -0.2) is 8.78 Å². The molecule has 0 aromatic rings. The molecular formula is C13H22F2N2. The van der Waals surface area contributed by atoms with Crippen LogP contribution in [-0.2, 0) is 0 Å². The van der Waals surface area contributed by atoms with E-state index in [4.69, 9.17) is 0 Å². The normalized spacial score (nSPS) is 32.9. The van der Waals surface area contributed by atoms with E-state index in [9.17, 15) is 8.78 Å². The molecule has 0 spiro atoms. The van der Waals surface area contributed by atoms with Gasteiger partial charge < -0.3 is 4.90 Å². The number of hydrogen-bond donors (Lipinski definition) is 0. The second kappa shape index (κ2) is 3.94. The summed E-state index contributed by atoms with van der Waals surface area (Å²) in [5.41, 5.74) is -0.349. The van der Waals surface area contributed by atoms with E-state index in [0.717, 1.165) is 26.2 Å². The minimum Gasteiger partial charge on any atom is -0.372 e. The minimum absolute atomic E-state index is 0.0385. The minimum atomic E-state index is -2.54. The van der Waals surface area contributed by atoms with Gasteiger partial charge in [-0.15, -0.1) is 0 Å². The molecular weight excluding hydrogens is 222 g/mol. The molecule has 2 nitrogen and oxygen atoms in total. The van der Waals surface area contributed by atoms with Crippen molar-refractivity contribution in [2.24, 2.45) is 5.41 Å². The number of piperazine rings is 1. The highest BCUT2D eigenvalue weighted by atomic mass is 19.3. The van der Waals surface area contributed by atoms with Crippen LogP contribution in [0.2, 0.25) is 0 Å². The van der Waals surface area contributed by atoms with Crippen molar-refractivity contribution in [3.05, 3.63) is 12.3 Å². The van der Waals surface area contributed by atoms with Crippen LogP contribution in [0.25, 0.3) is 0 Å². The fraction of sp³-hybridized carbons (Fsp3) is 0.846. The molecule has 0 bridgehead atoms. The van der Waals surface area contributed by atoms with Crippen LogP contribution in [0.5, 0.6) is 0 Å². The van der Waals surface area contributed by atoms with Gasteiger partial charge in [0.1, 0.15) is 0 Å². The molecule has 1 atom stereocenters. The zero-order chi connectivity index (χ0) is 12.8. The molecule has 98 valence electrons. The molecule has 0 N–H and O–H groups in total. The first-order valence-corrected chi connectivity index (χ1v) is 6.34. The molecule has 0 aromatic heterocycles. The molecule has 2 fully saturated rings. The van der Waals surface area contributed by atoms with Crippen molar-refractivity contribution in [3.8, 4) is 0 Å². The Balaban J connectivity index is 1.92. The number of nitrogens with zero attached hydrogens (tertiary/aromatic N) is 2. The highest BCUT2D eigenvalue weighted by Gasteiger charge is 2.70. The van der Waals surface area contributed by atoms with E-state index in [1.54, 1.807) is 6.92 Å². The van der Waals surface area contributed by atoms with Crippen molar-refractivity contribution in [2.75, 3.05) is 26.2 Å². The zero-order valence-electron chi connectivity index (χ0n) is 11.0. The van der Waals surface area contributed by atoms with Crippen molar-refractivity contribution >= 4 is 0 Å². The van der Waals surface area contributed by atoms with Crippen LogP contribution in [-0.4, -0.2) is 47.9 Å². The highest BCUT2D eigenvalue weighted by Crippen LogP contribution is 2.64. The van der Waals surface area contributed by atoms with Crippen LogP contribution in [0.3, 0.4) is 0 Å². The van der Waals surface area contributed by atoms with Crippen LogP contribution in [0.1, 0.15) is 27.2 Å². The maximum absolute atomic E-state index is 13.3. The third kappa shape index (κ3) is 2.07. The lowest BCUT2D eigenvalue weighted by molar-refractivity contribution is 0.0612. The summed E-state index contributed by atoms with van der Waals surface area (Å²) in [6.07, 6.45) is -0.0385. The molecule has 0 aromatic carbocycles. The lowest BCUT2D eigenvalue weighted by Crippen LogP contribution is -2.49. The molecule has 0 radical (unpaired) electrons. The molecule has 2 aliphatic rings. The van der Waals surface area contributed by atoms with E-state index in [1.807, 2.05) is 4.90 Å². The third-order valence-corrected chi connectivity index (χ3v) is 4.32. The summed E-state index contributed by atoms with van der Waals surface area (Å²) >= 11 is 0. The number of halogens is 2. The quantitative estimate of drug-likeness (QED) is 0.753. The Morgan fingerprint density at radius 1 is 1.18 bits per heavy atom. The first kappa shape index (κ1) is 12.8. The molecule has 1 saturated heterocycles. The van der Waals surface area contributed by atoms with Crippen LogP contribution in [0.15, 0.2) is 12.3 Å². The van der Waals surface area contributed by atoms with E-state index in [-0.39, 0.29) is 6.42 Å². The zero-order valence-corrected chi connectivity index (χ0v) is 11.0. The van der Waals surface area contributed by atoms with Gasteiger partial charge >= 0.3 is 0 Å².